The van der Waals surface area contributed by atoms with Crippen LogP contribution in [0.3, 0.4) is 0 Å². The largest absolute Gasteiger partial charge is 0.383 e. The topological polar surface area (TPSA) is 77.3 Å². The number of aromatic nitrogens is 3. The van der Waals surface area contributed by atoms with Crippen LogP contribution in [0.25, 0.3) is 0 Å². The average Bonchev–Trinajstić information content (AvgIpc) is 3.37. The van der Waals surface area contributed by atoms with Crippen molar-refractivity contribution in [3.05, 3.63) is 42.0 Å². The number of sulfone groups is 1. The molecule has 1 saturated carbocycles. The van der Waals surface area contributed by atoms with Crippen molar-refractivity contribution in [3.63, 3.8) is 0 Å². The molecule has 1 aliphatic carbocycles. The molecule has 2 aromatic rings. The van der Waals surface area contributed by atoms with Crippen molar-refractivity contribution in [1.82, 2.24) is 19.4 Å². The van der Waals surface area contributed by atoms with E-state index in [9.17, 15) is 8.42 Å². The molecule has 1 aliphatic rings. The van der Waals surface area contributed by atoms with E-state index in [0.717, 1.165) is 24.2 Å². The van der Waals surface area contributed by atoms with Crippen molar-refractivity contribution in [1.29, 1.82) is 0 Å². The third-order valence-corrected chi connectivity index (χ3v) is 6.83. The first-order valence-corrected chi connectivity index (χ1v) is 10.9. The minimum atomic E-state index is -3.38. The first kappa shape index (κ1) is 20.0. The summed E-state index contributed by atoms with van der Waals surface area (Å²) in [6.45, 7) is 3.57. The number of methoxy groups -OCH3 is 1. The second kappa shape index (κ2) is 8.50. The molecule has 148 valence electrons. The van der Waals surface area contributed by atoms with Crippen LogP contribution in [0.15, 0.2) is 35.7 Å². The van der Waals surface area contributed by atoms with E-state index in [1.54, 1.807) is 24.1 Å². The van der Waals surface area contributed by atoms with Gasteiger partial charge in [-0.2, -0.15) is 0 Å². The minimum absolute atomic E-state index is 0.100. The maximum atomic E-state index is 12.8. The Morgan fingerprint density at radius 3 is 2.74 bits per heavy atom. The van der Waals surface area contributed by atoms with Crippen LogP contribution >= 0.6 is 0 Å². The van der Waals surface area contributed by atoms with Crippen molar-refractivity contribution in [2.24, 2.45) is 5.92 Å². The summed E-state index contributed by atoms with van der Waals surface area (Å²) in [5.74, 6) is 0.481. The van der Waals surface area contributed by atoms with E-state index in [1.807, 2.05) is 25.2 Å². The average molecular weight is 393 g/mol. The Hall–Kier alpha value is -1.77. The molecular formula is C19H28N4O3S. The van der Waals surface area contributed by atoms with Gasteiger partial charge in [-0.05, 0) is 44.9 Å². The van der Waals surface area contributed by atoms with E-state index in [0.29, 0.717) is 19.7 Å². The van der Waals surface area contributed by atoms with Crippen LogP contribution in [0.2, 0.25) is 0 Å². The number of hydrogen-bond donors (Lipinski definition) is 0. The fourth-order valence-corrected chi connectivity index (χ4v) is 4.96. The summed E-state index contributed by atoms with van der Waals surface area (Å²) in [4.78, 5) is 10.8. The van der Waals surface area contributed by atoms with Crippen LogP contribution in [0.1, 0.15) is 37.2 Å². The van der Waals surface area contributed by atoms with Crippen LogP contribution in [0.5, 0.6) is 0 Å². The van der Waals surface area contributed by atoms with Gasteiger partial charge in [0.25, 0.3) is 0 Å². The van der Waals surface area contributed by atoms with Gasteiger partial charge in [0, 0.05) is 32.4 Å². The molecule has 2 heterocycles. The highest BCUT2D eigenvalue weighted by molar-refractivity contribution is 7.91. The van der Waals surface area contributed by atoms with Crippen molar-refractivity contribution in [2.75, 3.05) is 26.5 Å². The number of imidazole rings is 1. The fraction of sp³-hybridized carbons (Fsp3) is 0.579. The summed E-state index contributed by atoms with van der Waals surface area (Å²) >= 11 is 0. The third-order valence-electron chi connectivity index (χ3n) is 5.04. The number of ether oxygens (including phenoxy) is 1. The summed E-state index contributed by atoms with van der Waals surface area (Å²) in [5.41, 5.74) is 1.84. The molecule has 0 radical (unpaired) electrons. The zero-order valence-electron chi connectivity index (χ0n) is 16.2. The summed E-state index contributed by atoms with van der Waals surface area (Å²) < 4.78 is 32.5. The standard InChI is InChI=1S/C19H28N4O3S/c1-15(18-6-4-5-9-20-18)22(2)13-17-12-21-19(23(17)10-11-26-3)27(24,25)14-16-7-8-16/h4-6,9,12,15-16H,7-8,10-11,13-14H2,1-3H3. The lowest BCUT2D eigenvalue weighted by molar-refractivity contribution is 0.180. The second-order valence-electron chi connectivity index (χ2n) is 7.25. The Morgan fingerprint density at radius 2 is 2.11 bits per heavy atom. The normalized spacial score (nSPS) is 16.0. The van der Waals surface area contributed by atoms with E-state index in [2.05, 4.69) is 21.8 Å². The van der Waals surface area contributed by atoms with Gasteiger partial charge >= 0.3 is 0 Å². The second-order valence-corrected chi connectivity index (χ2v) is 9.18. The summed E-state index contributed by atoms with van der Waals surface area (Å²) in [7, 11) is 0.241. The van der Waals surface area contributed by atoms with Crippen LogP contribution in [-0.2, 0) is 27.7 Å². The molecule has 8 heteroatoms. The van der Waals surface area contributed by atoms with Gasteiger partial charge in [0.15, 0.2) is 0 Å². The molecule has 0 aliphatic heterocycles. The maximum absolute atomic E-state index is 12.8. The molecule has 7 nitrogen and oxygen atoms in total. The van der Waals surface area contributed by atoms with E-state index in [4.69, 9.17) is 4.74 Å². The van der Waals surface area contributed by atoms with Gasteiger partial charge in [0.1, 0.15) is 0 Å². The van der Waals surface area contributed by atoms with E-state index >= 15 is 0 Å². The van der Waals surface area contributed by atoms with Gasteiger partial charge in [0.2, 0.25) is 15.0 Å². The Kier molecular flexibility index (Phi) is 6.29. The number of hydrogen-bond acceptors (Lipinski definition) is 6. The highest BCUT2D eigenvalue weighted by Crippen LogP contribution is 2.32. The third kappa shape index (κ3) is 4.94. The van der Waals surface area contributed by atoms with Gasteiger partial charge in [-0.1, -0.05) is 6.07 Å². The predicted octanol–water partition coefficient (Wildman–Crippen LogP) is 2.30. The molecule has 0 saturated heterocycles. The maximum Gasteiger partial charge on any atom is 0.227 e. The molecule has 1 fully saturated rings. The Bertz CT molecular complexity index is 847. The SMILES string of the molecule is COCCn1c(CN(C)C(C)c2ccccn2)cnc1S(=O)(=O)CC1CC1. The monoisotopic (exact) mass is 392 g/mol. The lowest BCUT2D eigenvalue weighted by atomic mass is 10.2. The highest BCUT2D eigenvalue weighted by atomic mass is 32.2. The Balaban J connectivity index is 1.81. The smallest absolute Gasteiger partial charge is 0.227 e. The summed E-state index contributed by atoms with van der Waals surface area (Å²) in [6.07, 6.45) is 5.45. The number of pyridine rings is 1. The molecule has 0 aromatic carbocycles. The molecular weight excluding hydrogens is 364 g/mol. The van der Waals surface area contributed by atoms with Crippen molar-refractivity contribution < 1.29 is 13.2 Å². The molecule has 1 atom stereocenters. The molecule has 0 spiro atoms. The van der Waals surface area contributed by atoms with Crippen LogP contribution in [-0.4, -0.2) is 54.4 Å². The first-order valence-electron chi connectivity index (χ1n) is 9.29. The minimum Gasteiger partial charge on any atom is -0.383 e. The predicted molar refractivity (Wildman–Crippen MR) is 103 cm³/mol. The molecule has 1 unspecified atom stereocenters. The van der Waals surface area contributed by atoms with Crippen molar-refractivity contribution in [2.45, 2.75) is 44.1 Å². The van der Waals surface area contributed by atoms with Gasteiger partial charge in [0.05, 0.1) is 29.9 Å². The van der Waals surface area contributed by atoms with Crippen molar-refractivity contribution >= 4 is 9.84 Å². The molecule has 0 bridgehead atoms. The Morgan fingerprint density at radius 1 is 1.33 bits per heavy atom. The number of nitrogens with zero attached hydrogens (tertiary/aromatic N) is 4. The molecule has 0 amide bonds. The molecule has 3 rings (SSSR count). The van der Waals surface area contributed by atoms with Gasteiger partial charge in [-0.3, -0.25) is 9.88 Å². The first-order chi connectivity index (χ1) is 12.9. The quantitative estimate of drug-likeness (QED) is 0.617. The number of rotatable bonds is 10. The van der Waals surface area contributed by atoms with Crippen LogP contribution in [0, 0.1) is 5.92 Å². The summed E-state index contributed by atoms with van der Waals surface area (Å²) in [6, 6.07) is 5.96. The lowest BCUT2D eigenvalue weighted by Gasteiger charge is -2.24. The van der Waals surface area contributed by atoms with Crippen molar-refractivity contribution in [3.8, 4) is 0 Å². The van der Waals surface area contributed by atoms with Gasteiger partial charge in [-0.25, -0.2) is 13.4 Å². The van der Waals surface area contributed by atoms with E-state index in [-0.39, 0.29) is 22.9 Å². The van der Waals surface area contributed by atoms with E-state index in [1.165, 1.54) is 0 Å². The molecule has 2 aromatic heterocycles. The van der Waals surface area contributed by atoms with Crippen LogP contribution < -0.4 is 0 Å². The highest BCUT2D eigenvalue weighted by Gasteiger charge is 2.32. The lowest BCUT2D eigenvalue weighted by Crippen LogP contribution is -2.25. The van der Waals surface area contributed by atoms with Crippen LogP contribution in [0.4, 0.5) is 0 Å². The zero-order valence-corrected chi connectivity index (χ0v) is 17.0. The zero-order chi connectivity index (χ0) is 19.4. The van der Waals surface area contributed by atoms with Gasteiger partial charge in [-0.15, -0.1) is 0 Å². The molecule has 0 N–H and O–H groups in total. The summed E-state index contributed by atoms with van der Waals surface area (Å²) in [5, 5.41) is 0.167. The van der Waals surface area contributed by atoms with Gasteiger partial charge < -0.3 is 9.30 Å². The Labute approximate surface area is 161 Å². The molecule has 27 heavy (non-hydrogen) atoms. The fourth-order valence-electron chi connectivity index (χ4n) is 3.10. The van der Waals surface area contributed by atoms with E-state index < -0.39 is 9.84 Å².